The topological polar surface area (TPSA) is 92.4 Å². The molecule has 1 amide bonds. The highest BCUT2D eigenvalue weighted by Gasteiger charge is 2.17. The predicted octanol–water partition coefficient (Wildman–Crippen LogP) is 1.56. The van der Waals surface area contributed by atoms with Crippen LogP contribution in [0.25, 0.3) is 0 Å². The van der Waals surface area contributed by atoms with Crippen LogP contribution in [0.2, 0.25) is 0 Å². The van der Waals surface area contributed by atoms with Crippen molar-refractivity contribution in [3.63, 3.8) is 0 Å². The number of esters is 1. The van der Waals surface area contributed by atoms with E-state index in [0.717, 1.165) is 16.2 Å². The van der Waals surface area contributed by atoms with E-state index < -0.39 is 11.5 Å². The maximum Gasteiger partial charge on any atom is 0.339 e. The van der Waals surface area contributed by atoms with Gasteiger partial charge in [-0.2, -0.15) is 5.26 Å². The summed E-state index contributed by atoms with van der Waals surface area (Å²) in [7, 11) is 1.20. The largest absolute Gasteiger partial charge is 0.465 e. The first-order valence-electron chi connectivity index (χ1n) is 8.04. The van der Waals surface area contributed by atoms with Gasteiger partial charge in [-0.15, -0.1) is 0 Å². The number of benzene rings is 1. The molecule has 0 aliphatic rings. The van der Waals surface area contributed by atoms with E-state index in [-0.39, 0.29) is 23.6 Å². The van der Waals surface area contributed by atoms with E-state index in [1.54, 1.807) is 11.0 Å². The fourth-order valence-electron chi connectivity index (χ4n) is 2.49. The lowest BCUT2D eigenvalue weighted by atomic mass is 10.2. The summed E-state index contributed by atoms with van der Waals surface area (Å²) in [4.78, 5) is 38.2. The van der Waals surface area contributed by atoms with E-state index in [2.05, 4.69) is 4.74 Å². The van der Waals surface area contributed by atoms with Crippen molar-refractivity contribution in [3.05, 3.63) is 69.6 Å². The van der Waals surface area contributed by atoms with Crippen LogP contribution in [0.1, 0.15) is 28.4 Å². The summed E-state index contributed by atoms with van der Waals surface area (Å²) in [5.41, 5.74) is 0.176. The molecule has 0 spiro atoms. The predicted molar refractivity (Wildman–Crippen MR) is 94.3 cm³/mol. The first-order chi connectivity index (χ1) is 12.5. The van der Waals surface area contributed by atoms with Gasteiger partial charge in [0, 0.05) is 19.3 Å². The molecule has 0 fully saturated rings. The number of ether oxygens (including phenoxy) is 1. The van der Waals surface area contributed by atoms with Gasteiger partial charge in [0.25, 0.3) is 5.56 Å². The Balaban J connectivity index is 2.28. The zero-order chi connectivity index (χ0) is 19.1. The maximum absolute atomic E-state index is 12.6. The summed E-state index contributed by atoms with van der Waals surface area (Å²) in [5, 5.41) is 9.10. The molecule has 7 heteroatoms. The summed E-state index contributed by atoms with van der Waals surface area (Å²) >= 11 is 0. The molecule has 0 aliphatic carbocycles. The first kappa shape index (κ1) is 18.9. The molecule has 1 aromatic carbocycles. The van der Waals surface area contributed by atoms with Gasteiger partial charge in [-0.1, -0.05) is 30.3 Å². The summed E-state index contributed by atoms with van der Waals surface area (Å²) < 4.78 is 5.69. The third kappa shape index (κ3) is 4.36. The number of hydrogen-bond donors (Lipinski definition) is 0. The van der Waals surface area contributed by atoms with Crippen molar-refractivity contribution in [1.82, 2.24) is 9.47 Å². The van der Waals surface area contributed by atoms with Gasteiger partial charge < -0.3 is 14.2 Å². The minimum Gasteiger partial charge on any atom is -0.465 e. The Morgan fingerprint density at radius 3 is 2.54 bits per heavy atom. The molecule has 0 atom stereocenters. The van der Waals surface area contributed by atoms with E-state index in [4.69, 9.17) is 5.26 Å². The average molecular weight is 353 g/mol. The molecule has 7 nitrogen and oxygen atoms in total. The van der Waals surface area contributed by atoms with E-state index in [1.807, 2.05) is 37.3 Å². The Labute approximate surface area is 151 Å². The molecule has 0 radical (unpaired) electrons. The molecular formula is C19H19N3O4. The van der Waals surface area contributed by atoms with Crippen LogP contribution in [-0.4, -0.2) is 35.0 Å². The van der Waals surface area contributed by atoms with Crippen LogP contribution in [0.3, 0.4) is 0 Å². The van der Waals surface area contributed by atoms with Gasteiger partial charge in [0.05, 0.1) is 12.7 Å². The number of pyridine rings is 1. The monoisotopic (exact) mass is 353 g/mol. The zero-order valence-corrected chi connectivity index (χ0v) is 14.6. The third-order valence-corrected chi connectivity index (χ3v) is 3.88. The van der Waals surface area contributed by atoms with Crippen LogP contribution in [0.4, 0.5) is 0 Å². The highest BCUT2D eigenvalue weighted by molar-refractivity contribution is 5.89. The van der Waals surface area contributed by atoms with Gasteiger partial charge in [-0.3, -0.25) is 9.59 Å². The molecule has 134 valence electrons. The molecule has 0 unspecified atom stereocenters. The molecule has 1 heterocycles. The smallest absolute Gasteiger partial charge is 0.339 e. The quantitative estimate of drug-likeness (QED) is 0.735. The molecule has 2 aromatic rings. The van der Waals surface area contributed by atoms with Gasteiger partial charge in [0.1, 0.15) is 18.2 Å². The SMILES string of the molecule is CCN(Cc1ccccc1)C(=O)Cn1cc(C(=O)OC)cc(C#N)c1=O. The summed E-state index contributed by atoms with van der Waals surface area (Å²) in [6.07, 6.45) is 1.24. The standard InChI is InChI=1S/C19H19N3O4/c1-3-21(11-14-7-5-4-6-8-14)17(23)13-22-12-16(19(25)26-2)9-15(10-20)18(22)24/h4-9,12H,3,11,13H2,1-2H3. The third-order valence-electron chi connectivity index (χ3n) is 3.88. The summed E-state index contributed by atoms with van der Waals surface area (Å²) in [6, 6.07) is 12.4. The second-order valence-electron chi connectivity index (χ2n) is 5.57. The van der Waals surface area contributed by atoms with Gasteiger partial charge >= 0.3 is 5.97 Å². The molecule has 2 rings (SSSR count). The van der Waals surface area contributed by atoms with Crippen molar-refractivity contribution >= 4 is 11.9 Å². The Morgan fingerprint density at radius 2 is 1.96 bits per heavy atom. The lowest BCUT2D eigenvalue weighted by Gasteiger charge is -2.21. The number of nitriles is 1. The van der Waals surface area contributed by atoms with E-state index >= 15 is 0 Å². The van der Waals surface area contributed by atoms with Crippen LogP contribution in [-0.2, 0) is 22.6 Å². The Hall–Kier alpha value is -3.40. The van der Waals surface area contributed by atoms with Gasteiger partial charge in [-0.05, 0) is 18.6 Å². The van der Waals surface area contributed by atoms with Crippen molar-refractivity contribution in [2.45, 2.75) is 20.0 Å². The average Bonchev–Trinajstić information content (AvgIpc) is 2.67. The number of rotatable bonds is 6. The highest BCUT2D eigenvalue weighted by atomic mass is 16.5. The molecule has 1 aromatic heterocycles. The van der Waals surface area contributed by atoms with Crippen LogP contribution in [0.5, 0.6) is 0 Å². The van der Waals surface area contributed by atoms with Crippen LogP contribution in [0, 0.1) is 11.3 Å². The molecule has 26 heavy (non-hydrogen) atoms. The molecule has 0 aliphatic heterocycles. The van der Waals surface area contributed by atoms with E-state index in [1.165, 1.54) is 13.3 Å². The summed E-state index contributed by atoms with van der Waals surface area (Å²) in [5.74, 6) is -0.969. The number of aromatic nitrogens is 1. The van der Waals surface area contributed by atoms with Crippen LogP contribution < -0.4 is 5.56 Å². The van der Waals surface area contributed by atoms with Crippen molar-refractivity contribution < 1.29 is 14.3 Å². The van der Waals surface area contributed by atoms with E-state index in [9.17, 15) is 14.4 Å². The number of amides is 1. The maximum atomic E-state index is 12.6. The molecule has 0 saturated heterocycles. The number of carbonyl (C=O) groups is 2. The number of hydrogen-bond acceptors (Lipinski definition) is 5. The Kier molecular flexibility index (Phi) is 6.28. The highest BCUT2D eigenvalue weighted by Crippen LogP contribution is 2.07. The minimum absolute atomic E-state index is 0.0440. The van der Waals surface area contributed by atoms with Crippen molar-refractivity contribution in [2.75, 3.05) is 13.7 Å². The zero-order valence-electron chi connectivity index (χ0n) is 14.6. The molecule has 0 N–H and O–H groups in total. The number of likely N-dealkylation sites (N-methyl/N-ethyl adjacent to an activating group) is 1. The number of carbonyl (C=O) groups excluding carboxylic acids is 2. The Bertz CT molecular complexity index is 897. The first-order valence-corrected chi connectivity index (χ1v) is 8.04. The lowest BCUT2D eigenvalue weighted by molar-refractivity contribution is -0.132. The van der Waals surface area contributed by atoms with E-state index in [0.29, 0.717) is 13.1 Å². The van der Waals surface area contributed by atoms with Crippen molar-refractivity contribution in [1.29, 1.82) is 5.26 Å². The second-order valence-corrected chi connectivity index (χ2v) is 5.57. The molecule has 0 bridgehead atoms. The lowest BCUT2D eigenvalue weighted by Crippen LogP contribution is -2.36. The second kappa shape index (κ2) is 8.62. The van der Waals surface area contributed by atoms with Gasteiger partial charge in [0.15, 0.2) is 0 Å². The van der Waals surface area contributed by atoms with Gasteiger partial charge in [-0.25, -0.2) is 4.79 Å². The van der Waals surface area contributed by atoms with Gasteiger partial charge in [0.2, 0.25) is 5.91 Å². The number of methoxy groups -OCH3 is 1. The molecule has 0 saturated carbocycles. The minimum atomic E-state index is -0.681. The number of nitrogens with zero attached hydrogens (tertiary/aromatic N) is 3. The Morgan fingerprint density at radius 1 is 1.27 bits per heavy atom. The van der Waals surface area contributed by atoms with Crippen molar-refractivity contribution in [2.24, 2.45) is 0 Å². The molecular weight excluding hydrogens is 334 g/mol. The van der Waals surface area contributed by atoms with Crippen LogP contribution >= 0.6 is 0 Å². The summed E-state index contributed by atoms with van der Waals surface area (Å²) in [6.45, 7) is 2.45. The van der Waals surface area contributed by atoms with Crippen molar-refractivity contribution in [3.8, 4) is 6.07 Å². The fourth-order valence-corrected chi connectivity index (χ4v) is 2.49. The fraction of sp³-hybridized carbons (Fsp3) is 0.263. The van der Waals surface area contributed by atoms with Crippen LogP contribution in [0.15, 0.2) is 47.4 Å². The normalized spacial score (nSPS) is 10.0.